The first-order chi connectivity index (χ1) is 11.3. The molecule has 1 amide bonds. The van der Waals surface area contributed by atoms with Crippen LogP contribution in [0.25, 0.3) is 0 Å². The Labute approximate surface area is 138 Å². The van der Waals surface area contributed by atoms with Crippen molar-refractivity contribution in [1.82, 2.24) is 4.90 Å². The number of carbonyl (C=O) groups is 1. The van der Waals surface area contributed by atoms with Crippen LogP contribution < -0.4 is 0 Å². The standard InChI is InChI=1S/C21H23NO/c1-15-7-2-4-10-18(15)21(23)22(17-13-14-17)20-12-6-9-16-8-3-5-11-19(16)20/h2-5,7-8,10-11,17,20H,6,9,12-14H2,1H3. The van der Waals surface area contributed by atoms with Crippen LogP contribution in [0, 0.1) is 6.92 Å². The van der Waals surface area contributed by atoms with E-state index < -0.39 is 0 Å². The van der Waals surface area contributed by atoms with E-state index in [-0.39, 0.29) is 11.9 Å². The van der Waals surface area contributed by atoms with Gasteiger partial charge in [0.05, 0.1) is 6.04 Å². The quantitative estimate of drug-likeness (QED) is 0.806. The maximum absolute atomic E-state index is 13.3. The molecule has 23 heavy (non-hydrogen) atoms. The van der Waals surface area contributed by atoms with Gasteiger partial charge in [0.1, 0.15) is 0 Å². The summed E-state index contributed by atoms with van der Waals surface area (Å²) in [5.41, 5.74) is 4.73. The van der Waals surface area contributed by atoms with Crippen molar-refractivity contribution < 1.29 is 4.79 Å². The summed E-state index contributed by atoms with van der Waals surface area (Å²) in [5.74, 6) is 0.215. The highest BCUT2D eigenvalue weighted by Crippen LogP contribution is 2.41. The predicted octanol–water partition coefficient (Wildman–Crippen LogP) is 4.68. The smallest absolute Gasteiger partial charge is 0.254 e. The van der Waals surface area contributed by atoms with Crippen LogP contribution in [0.15, 0.2) is 48.5 Å². The van der Waals surface area contributed by atoms with E-state index in [0.29, 0.717) is 6.04 Å². The molecule has 0 heterocycles. The molecule has 1 atom stereocenters. The Morgan fingerprint density at radius 2 is 1.74 bits per heavy atom. The molecule has 0 spiro atoms. The molecule has 2 aliphatic rings. The van der Waals surface area contributed by atoms with Crippen molar-refractivity contribution in [2.45, 2.75) is 51.1 Å². The molecule has 1 unspecified atom stereocenters. The summed E-state index contributed by atoms with van der Waals surface area (Å²) in [5, 5.41) is 0. The van der Waals surface area contributed by atoms with Gasteiger partial charge in [0.25, 0.3) is 5.91 Å². The molecule has 2 aromatic carbocycles. The van der Waals surface area contributed by atoms with Crippen molar-refractivity contribution in [1.29, 1.82) is 0 Å². The fourth-order valence-corrected chi connectivity index (χ4v) is 3.88. The summed E-state index contributed by atoms with van der Waals surface area (Å²) in [6, 6.07) is 17.3. The Morgan fingerprint density at radius 1 is 1.00 bits per heavy atom. The number of nitrogens with zero attached hydrogens (tertiary/aromatic N) is 1. The number of hydrogen-bond donors (Lipinski definition) is 0. The van der Waals surface area contributed by atoms with E-state index >= 15 is 0 Å². The molecule has 2 aliphatic carbocycles. The van der Waals surface area contributed by atoms with Gasteiger partial charge in [-0.15, -0.1) is 0 Å². The molecule has 4 rings (SSSR count). The lowest BCUT2D eigenvalue weighted by molar-refractivity contribution is 0.0637. The summed E-state index contributed by atoms with van der Waals surface area (Å²) in [4.78, 5) is 15.5. The fourth-order valence-electron chi connectivity index (χ4n) is 3.88. The SMILES string of the molecule is Cc1ccccc1C(=O)N(C1CC1)C1CCCc2ccccc21. The Balaban J connectivity index is 1.73. The van der Waals surface area contributed by atoms with Crippen LogP contribution in [0.5, 0.6) is 0 Å². The van der Waals surface area contributed by atoms with Crippen LogP contribution in [-0.4, -0.2) is 16.8 Å². The number of rotatable bonds is 3. The zero-order chi connectivity index (χ0) is 15.8. The van der Waals surface area contributed by atoms with Gasteiger partial charge in [-0.3, -0.25) is 4.79 Å². The van der Waals surface area contributed by atoms with Gasteiger partial charge in [0.15, 0.2) is 0 Å². The largest absolute Gasteiger partial charge is 0.329 e. The molecule has 118 valence electrons. The number of amides is 1. The Bertz CT molecular complexity index is 732. The number of fused-ring (bicyclic) bond motifs is 1. The molecule has 1 saturated carbocycles. The van der Waals surface area contributed by atoms with Gasteiger partial charge in [0.2, 0.25) is 0 Å². The monoisotopic (exact) mass is 305 g/mol. The first-order valence-electron chi connectivity index (χ1n) is 8.72. The minimum atomic E-state index is 0.215. The lowest BCUT2D eigenvalue weighted by Gasteiger charge is -2.36. The molecular formula is C21H23NO. The van der Waals surface area contributed by atoms with Crippen LogP contribution >= 0.6 is 0 Å². The van der Waals surface area contributed by atoms with Crippen LogP contribution in [0.2, 0.25) is 0 Å². The van der Waals surface area contributed by atoms with Gasteiger partial charge >= 0.3 is 0 Å². The lowest BCUT2D eigenvalue weighted by atomic mass is 9.86. The molecule has 0 radical (unpaired) electrons. The Kier molecular flexibility index (Phi) is 3.68. The average molecular weight is 305 g/mol. The maximum atomic E-state index is 13.3. The normalized spacial score (nSPS) is 20.0. The molecule has 2 nitrogen and oxygen atoms in total. The van der Waals surface area contributed by atoms with E-state index in [1.54, 1.807) is 0 Å². The third-order valence-electron chi connectivity index (χ3n) is 5.22. The predicted molar refractivity (Wildman–Crippen MR) is 92.5 cm³/mol. The van der Waals surface area contributed by atoms with Crippen molar-refractivity contribution in [3.8, 4) is 0 Å². The van der Waals surface area contributed by atoms with Crippen LogP contribution in [-0.2, 0) is 6.42 Å². The molecule has 2 aromatic rings. The summed E-state index contributed by atoms with van der Waals surface area (Å²) in [6.07, 6.45) is 5.70. The summed E-state index contributed by atoms with van der Waals surface area (Å²) < 4.78 is 0. The van der Waals surface area contributed by atoms with Crippen molar-refractivity contribution in [3.63, 3.8) is 0 Å². The fraction of sp³-hybridized carbons (Fsp3) is 0.381. The molecular weight excluding hydrogens is 282 g/mol. The Morgan fingerprint density at radius 3 is 2.52 bits per heavy atom. The number of aryl methyl sites for hydroxylation is 2. The van der Waals surface area contributed by atoms with E-state index in [9.17, 15) is 4.79 Å². The van der Waals surface area contributed by atoms with Crippen molar-refractivity contribution in [2.75, 3.05) is 0 Å². The third-order valence-corrected chi connectivity index (χ3v) is 5.22. The topological polar surface area (TPSA) is 20.3 Å². The van der Waals surface area contributed by atoms with Gasteiger partial charge in [-0.25, -0.2) is 0 Å². The van der Waals surface area contributed by atoms with Gasteiger partial charge in [-0.2, -0.15) is 0 Å². The zero-order valence-electron chi connectivity index (χ0n) is 13.7. The van der Waals surface area contributed by atoms with E-state index in [4.69, 9.17) is 0 Å². The van der Waals surface area contributed by atoms with Crippen LogP contribution in [0.3, 0.4) is 0 Å². The number of carbonyl (C=O) groups excluding carboxylic acids is 1. The van der Waals surface area contributed by atoms with E-state index in [1.807, 2.05) is 31.2 Å². The molecule has 0 N–H and O–H groups in total. The minimum absolute atomic E-state index is 0.215. The maximum Gasteiger partial charge on any atom is 0.254 e. The summed E-state index contributed by atoms with van der Waals surface area (Å²) in [6.45, 7) is 2.03. The van der Waals surface area contributed by atoms with Crippen LogP contribution in [0.1, 0.15) is 58.8 Å². The first-order valence-corrected chi connectivity index (χ1v) is 8.72. The van der Waals surface area contributed by atoms with Crippen molar-refractivity contribution in [3.05, 3.63) is 70.8 Å². The average Bonchev–Trinajstić information content (AvgIpc) is 3.40. The molecule has 0 bridgehead atoms. The van der Waals surface area contributed by atoms with Gasteiger partial charge < -0.3 is 4.90 Å². The molecule has 0 saturated heterocycles. The number of benzene rings is 2. The summed E-state index contributed by atoms with van der Waals surface area (Å²) in [7, 11) is 0. The third kappa shape index (κ3) is 2.67. The highest BCUT2D eigenvalue weighted by atomic mass is 16.2. The second-order valence-corrected chi connectivity index (χ2v) is 6.87. The van der Waals surface area contributed by atoms with E-state index in [2.05, 4.69) is 29.2 Å². The minimum Gasteiger partial charge on any atom is -0.329 e. The zero-order valence-corrected chi connectivity index (χ0v) is 13.7. The highest BCUT2D eigenvalue weighted by molar-refractivity contribution is 5.96. The van der Waals surface area contributed by atoms with Crippen molar-refractivity contribution >= 4 is 5.91 Å². The Hall–Kier alpha value is -2.09. The van der Waals surface area contributed by atoms with Gasteiger partial charge in [-0.1, -0.05) is 42.5 Å². The second kappa shape index (κ2) is 5.84. The van der Waals surface area contributed by atoms with Crippen molar-refractivity contribution in [2.24, 2.45) is 0 Å². The van der Waals surface area contributed by atoms with E-state index in [1.165, 1.54) is 17.5 Å². The molecule has 0 aliphatic heterocycles. The summed E-state index contributed by atoms with van der Waals surface area (Å²) >= 11 is 0. The van der Waals surface area contributed by atoms with Crippen LogP contribution in [0.4, 0.5) is 0 Å². The molecule has 0 aromatic heterocycles. The molecule has 2 heteroatoms. The highest BCUT2D eigenvalue weighted by Gasteiger charge is 2.39. The van der Waals surface area contributed by atoms with Gasteiger partial charge in [-0.05, 0) is 61.8 Å². The number of hydrogen-bond acceptors (Lipinski definition) is 1. The lowest BCUT2D eigenvalue weighted by Crippen LogP contribution is -2.38. The van der Waals surface area contributed by atoms with E-state index in [0.717, 1.165) is 36.8 Å². The second-order valence-electron chi connectivity index (χ2n) is 6.87. The van der Waals surface area contributed by atoms with Gasteiger partial charge in [0, 0.05) is 11.6 Å². The molecule has 1 fully saturated rings. The first kappa shape index (κ1) is 14.5.